The zero-order chi connectivity index (χ0) is 19.9. The lowest BCUT2D eigenvalue weighted by Gasteiger charge is -2.17. The van der Waals surface area contributed by atoms with E-state index in [4.69, 9.17) is 9.47 Å². The molecule has 144 valence electrons. The van der Waals surface area contributed by atoms with Crippen LogP contribution in [0.1, 0.15) is 32.7 Å². The number of methoxy groups -OCH3 is 1. The van der Waals surface area contributed by atoms with Crippen LogP contribution in [0.4, 0.5) is 0 Å². The van der Waals surface area contributed by atoms with E-state index in [9.17, 15) is 9.59 Å². The smallest absolute Gasteiger partial charge is 0.333 e. The van der Waals surface area contributed by atoms with Crippen molar-refractivity contribution >= 4 is 23.2 Å². The molecule has 3 rings (SSSR count). The van der Waals surface area contributed by atoms with Crippen LogP contribution in [0.15, 0.2) is 60.0 Å². The number of esters is 1. The van der Waals surface area contributed by atoms with Gasteiger partial charge in [0.05, 0.1) is 17.8 Å². The van der Waals surface area contributed by atoms with E-state index in [1.54, 1.807) is 59.9 Å². The molecule has 1 N–H and O–H groups in total. The Morgan fingerprint density at radius 2 is 1.93 bits per heavy atom. The molecule has 6 nitrogen and oxygen atoms in total. The molecule has 2 aromatic carbocycles. The van der Waals surface area contributed by atoms with Gasteiger partial charge in [-0.3, -0.25) is 4.79 Å². The third kappa shape index (κ3) is 4.95. The van der Waals surface area contributed by atoms with Gasteiger partial charge in [0.15, 0.2) is 6.04 Å². The van der Waals surface area contributed by atoms with E-state index in [1.807, 2.05) is 18.4 Å². The molecule has 0 fully saturated rings. The average molecular weight is 396 g/mol. The Morgan fingerprint density at radius 1 is 1.14 bits per heavy atom. The summed E-state index contributed by atoms with van der Waals surface area (Å²) >= 11 is 1.56. The lowest BCUT2D eigenvalue weighted by Crippen LogP contribution is -2.34. The Balaban J connectivity index is 1.71. The summed E-state index contributed by atoms with van der Waals surface area (Å²) in [6.07, 6.45) is 0. The van der Waals surface area contributed by atoms with Crippen LogP contribution in [0.25, 0.3) is 0 Å². The minimum Gasteiger partial charge on any atom is -0.487 e. The molecule has 28 heavy (non-hydrogen) atoms. The number of amides is 1. The van der Waals surface area contributed by atoms with Gasteiger partial charge in [-0.1, -0.05) is 36.4 Å². The van der Waals surface area contributed by atoms with E-state index >= 15 is 0 Å². The second kappa shape index (κ2) is 9.14. The Kier molecular flexibility index (Phi) is 6.39. The summed E-state index contributed by atoms with van der Waals surface area (Å²) in [5.74, 6) is -0.382. The molecule has 1 unspecified atom stereocenters. The van der Waals surface area contributed by atoms with Crippen LogP contribution in [0.3, 0.4) is 0 Å². The van der Waals surface area contributed by atoms with Crippen molar-refractivity contribution < 1.29 is 19.1 Å². The van der Waals surface area contributed by atoms with Gasteiger partial charge in [-0.25, -0.2) is 9.78 Å². The van der Waals surface area contributed by atoms with Gasteiger partial charge in [-0.05, 0) is 30.7 Å². The van der Waals surface area contributed by atoms with Gasteiger partial charge < -0.3 is 14.8 Å². The van der Waals surface area contributed by atoms with Crippen molar-refractivity contribution in [3.05, 3.63) is 81.8 Å². The molecule has 0 saturated heterocycles. The minimum atomic E-state index is -0.888. The van der Waals surface area contributed by atoms with Gasteiger partial charge in [0.1, 0.15) is 12.4 Å². The van der Waals surface area contributed by atoms with E-state index in [-0.39, 0.29) is 0 Å². The molecule has 3 aromatic rings. The fourth-order valence-electron chi connectivity index (χ4n) is 2.62. The molecule has 0 aliphatic carbocycles. The lowest BCUT2D eigenvalue weighted by atomic mass is 10.1. The van der Waals surface area contributed by atoms with E-state index < -0.39 is 17.9 Å². The third-order valence-electron chi connectivity index (χ3n) is 3.99. The van der Waals surface area contributed by atoms with Crippen LogP contribution < -0.4 is 10.1 Å². The van der Waals surface area contributed by atoms with Crippen LogP contribution >= 0.6 is 11.3 Å². The van der Waals surface area contributed by atoms with E-state index in [0.717, 1.165) is 10.7 Å². The predicted octanol–water partition coefficient (Wildman–Crippen LogP) is 3.67. The second-order valence-electron chi connectivity index (χ2n) is 6.01. The number of aromatic nitrogens is 1. The van der Waals surface area contributed by atoms with Crippen molar-refractivity contribution in [2.45, 2.75) is 19.6 Å². The van der Waals surface area contributed by atoms with Crippen molar-refractivity contribution in [2.24, 2.45) is 0 Å². The van der Waals surface area contributed by atoms with E-state index in [1.165, 1.54) is 7.11 Å². The van der Waals surface area contributed by atoms with Crippen molar-refractivity contribution in [3.63, 3.8) is 0 Å². The third-order valence-corrected chi connectivity index (χ3v) is 4.82. The van der Waals surface area contributed by atoms with Gasteiger partial charge in [0.2, 0.25) is 0 Å². The number of hydrogen-bond acceptors (Lipinski definition) is 6. The van der Waals surface area contributed by atoms with Crippen molar-refractivity contribution in [1.29, 1.82) is 0 Å². The summed E-state index contributed by atoms with van der Waals surface area (Å²) in [5.41, 5.74) is 1.87. The summed E-state index contributed by atoms with van der Waals surface area (Å²) in [4.78, 5) is 29.2. The molecule has 0 bridgehead atoms. The van der Waals surface area contributed by atoms with Crippen molar-refractivity contribution in [3.8, 4) is 5.75 Å². The van der Waals surface area contributed by atoms with Gasteiger partial charge in [-0.15, -0.1) is 11.3 Å². The number of nitrogens with one attached hydrogen (secondary N) is 1. The van der Waals surface area contributed by atoms with Crippen LogP contribution in [0.2, 0.25) is 0 Å². The number of ether oxygens (including phenoxy) is 2. The largest absolute Gasteiger partial charge is 0.487 e. The highest BCUT2D eigenvalue weighted by atomic mass is 32.1. The maximum atomic E-state index is 12.7. The van der Waals surface area contributed by atoms with Gasteiger partial charge >= 0.3 is 5.97 Å². The highest BCUT2D eigenvalue weighted by Gasteiger charge is 2.24. The highest BCUT2D eigenvalue weighted by Crippen LogP contribution is 2.19. The molecule has 1 atom stereocenters. The SMILES string of the molecule is COC(=O)C(NC(=O)c1cccc(OCc2csc(C)n2)c1)c1ccccc1. The van der Waals surface area contributed by atoms with Gasteiger partial charge in [0, 0.05) is 10.9 Å². The first-order chi connectivity index (χ1) is 13.6. The zero-order valence-corrected chi connectivity index (χ0v) is 16.4. The summed E-state index contributed by atoms with van der Waals surface area (Å²) < 4.78 is 10.6. The quantitative estimate of drug-likeness (QED) is 0.617. The van der Waals surface area contributed by atoms with Gasteiger partial charge in [0.25, 0.3) is 5.91 Å². The number of carbonyl (C=O) groups is 2. The van der Waals surface area contributed by atoms with Gasteiger partial charge in [-0.2, -0.15) is 0 Å². The zero-order valence-electron chi connectivity index (χ0n) is 15.5. The van der Waals surface area contributed by atoms with E-state index in [2.05, 4.69) is 10.3 Å². The summed E-state index contributed by atoms with van der Waals surface area (Å²) in [6, 6.07) is 14.9. The Morgan fingerprint density at radius 3 is 2.61 bits per heavy atom. The Bertz CT molecular complexity index is 956. The maximum Gasteiger partial charge on any atom is 0.333 e. The number of carbonyl (C=O) groups excluding carboxylic acids is 2. The molecular weight excluding hydrogens is 376 g/mol. The topological polar surface area (TPSA) is 77.5 Å². The normalized spacial score (nSPS) is 11.5. The first kappa shape index (κ1) is 19.6. The van der Waals surface area contributed by atoms with E-state index in [0.29, 0.717) is 23.5 Å². The lowest BCUT2D eigenvalue weighted by molar-refractivity contribution is -0.143. The maximum absolute atomic E-state index is 12.7. The Hall–Kier alpha value is -3.19. The monoisotopic (exact) mass is 396 g/mol. The predicted molar refractivity (Wildman–Crippen MR) is 106 cm³/mol. The Labute approximate surface area is 167 Å². The molecule has 0 radical (unpaired) electrons. The number of hydrogen-bond donors (Lipinski definition) is 1. The van der Waals surface area contributed by atoms with Crippen LogP contribution in [-0.2, 0) is 16.1 Å². The van der Waals surface area contributed by atoms with Crippen LogP contribution in [-0.4, -0.2) is 24.0 Å². The number of thiazole rings is 1. The number of aryl methyl sites for hydroxylation is 1. The molecule has 0 aliphatic rings. The molecule has 0 saturated carbocycles. The van der Waals surface area contributed by atoms with Crippen molar-refractivity contribution in [2.75, 3.05) is 7.11 Å². The number of nitrogens with zero attached hydrogens (tertiary/aromatic N) is 1. The van der Waals surface area contributed by atoms with Crippen LogP contribution in [0.5, 0.6) is 5.75 Å². The fourth-order valence-corrected chi connectivity index (χ4v) is 3.21. The molecule has 7 heteroatoms. The molecule has 1 amide bonds. The molecule has 0 spiro atoms. The molecule has 1 aromatic heterocycles. The standard InChI is InChI=1S/C21H20N2O4S/c1-14-22-17(13-28-14)12-27-18-10-6-9-16(11-18)20(24)23-19(21(25)26-2)15-7-4-3-5-8-15/h3-11,13,19H,12H2,1-2H3,(H,23,24). The molecular formula is C21H20N2O4S. The second-order valence-corrected chi connectivity index (χ2v) is 7.08. The fraction of sp³-hybridized carbons (Fsp3) is 0.190. The summed E-state index contributed by atoms with van der Waals surface area (Å²) in [6.45, 7) is 2.26. The number of rotatable bonds is 7. The van der Waals surface area contributed by atoms with Crippen molar-refractivity contribution in [1.82, 2.24) is 10.3 Å². The molecule has 0 aliphatic heterocycles. The summed E-state index contributed by atoms with van der Waals surface area (Å²) in [5, 5.41) is 5.64. The minimum absolute atomic E-state index is 0.324. The summed E-state index contributed by atoms with van der Waals surface area (Å²) in [7, 11) is 1.29. The highest BCUT2D eigenvalue weighted by molar-refractivity contribution is 7.09. The first-order valence-electron chi connectivity index (χ1n) is 8.64. The number of benzene rings is 2. The molecule has 1 heterocycles. The average Bonchev–Trinajstić information content (AvgIpc) is 3.15. The van der Waals surface area contributed by atoms with Crippen LogP contribution in [0, 0.1) is 6.92 Å². The first-order valence-corrected chi connectivity index (χ1v) is 9.52.